The van der Waals surface area contributed by atoms with E-state index in [0.717, 1.165) is 29.6 Å². The minimum atomic E-state index is 0.311. The molecule has 1 saturated carbocycles. The Labute approximate surface area is 113 Å². The molecule has 4 heteroatoms. The summed E-state index contributed by atoms with van der Waals surface area (Å²) in [4.78, 5) is 8.63. The molecule has 0 amide bonds. The molecule has 1 aromatic heterocycles. The first-order valence-corrected chi connectivity index (χ1v) is 6.87. The van der Waals surface area contributed by atoms with E-state index in [2.05, 4.69) is 27.4 Å². The summed E-state index contributed by atoms with van der Waals surface area (Å²) in [6.45, 7) is 0. The van der Waals surface area contributed by atoms with Gasteiger partial charge in [0.2, 0.25) is 0 Å². The minimum Gasteiger partial charge on any atom is -0.380 e. The van der Waals surface area contributed by atoms with E-state index in [4.69, 9.17) is 4.74 Å². The Hall–Kier alpha value is -1.68. The maximum atomic E-state index is 5.57. The molecule has 2 aromatic rings. The highest BCUT2D eigenvalue weighted by molar-refractivity contribution is 5.78. The van der Waals surface area contributed by atoms with E-state index in [-0.39, 0.29) is 0 Å². The van der Waals surface area contributed by atoms with Crippen molar-refractivity contribution in [3.8, 4) is 0 Å². The number of nitrogens with zero attached hydrogens (tertiary/aromatic N) is 2. The highest BCUT2D eigenvalue weighted by Gasteiger charge is 2.24. The second-order valence-electron chi connectivity index (χ2n) is 5.07. The molecule has 100 valence electrons. The van der Waals surface area contributed by atoms with Gasteiger partial charge in [-0.15, -0.1) is 0 Å². The normalized spacial score (nSPS) is 23.4. The summed E-state index contributed by atoms with van der Waals surface area (Å²) >= 11 is 0. The van der Waals surface area contributed by atoms with Crippen molar-refractivity contribution in [3.05, 3.63) is 30.6 Å². The Morgan fingerprint density at radius 2 is 1.89 bits per heavy atom. The van der Waals surface area contributed by atoms with Crippen LogP contribution in [0, 0.1) is 0 Å². The van der Waals surface area contributed by atoms with E-state index in [1.54, 1.807) is 19.5 Å². The number of fused-ring (bicyclic) bond motifs is 1. The molecule has 0 bridgehead atoms. The van der Waals surface area contributed by atoms with E-state index < -0.39 is 0 Å². The standard InChI is InChI=1S/C15H19N3O/c1-19-15-5-3-2-4-13(15)18-11-6-7-12-14(10-11)17-9-8-16-12/h6-10,13,15,18H,2-5H2,1H3. The van der Waals surface area contributed by atoms with Gasteiger partial charge >= 0.3 is 0 Å². The number of anilines is 1. The maximum Gasteiger partial charge on any atom is 0.0907 e. The molecule has 0 radical (unpaired) electrons. The molecule has 0 aliphatic heterocycles. The van der Waals surface area contributed by atoms with Crippen LogP contribution in [0.25, 0.3) is 11.0 Å². The van der Waals surface area contributed by atoms with Gasteiger partial charge in [-0.05, 0) is 31.0 Å². The van der Waals surface area contributed by atoms with Crippen molar-refractivity contribution in [2.45, 2.75) is 37.8 Å². The van der Waals surface area contributed by atoms with Crippen molar-refractivity contribution in [3.63, 3.8) is 0 Å². The monoisotopic (exact) mass is 257 g/mol. The second-order valence-corrected chi connectivity index (χ2v) is 5.07. The Bertz CT molecular complexity index is 558. The van der Waals surface area contributed by atoms with Gasteiger partial charge in [0.15, 0.2) is 0 Å². The smallest absolute Gasteiger partial charge is 0.0907 e. The molecule has 19 heavy (non-hydrogen) atoms. The number of ether oxygens (including phenoxy) is 1. The van der Waals surface area contributed by atoms with Crippen LogP contribution in [0.4, 0.5) is 5.69 Å². The lowest BCUT2D eigenvalue weighted by Gasteiger charge is -2.31. The number of aromatic nitrogens is 2. The van der Waals surface area contributed by atoms with Crippen LogP contribution in [-0.2, 0) is 4.74 Å². The molecule has 0 spiro atoms. The van der Waals surface area contributed by atoms with E-state index in [9.17, 15) is 0 Å². The topological polar surface area (TPSA) is 47.0 Å². The minimum absolute atomic E-state index is 0.311. The number of hydrogen-bond donors (Lipinski definition) is 1. The molecule has 1 aliphatic carbocycles. The SMILES string of the molecule is COC1CCCCC1Nc1ccc2nccnc2c1. The van der Waals surface area contributed by atoms with Crippen LogP contribution < -0.4 is 5.32 Å². The zero-order valence-electron chi connectivity index (χ0n) is 11.2. The fraction of sp³-hybridized carbons (Fsp3) is 0.467. The molecule has 2 unspecified atom stereocenters. The van der Waals surface area contributed by atoms with Crippen LogP contribution in [0.5, 0.6) is 0 Å². The van der Waals surface area contributed by atoms with Gasteiger partial charge in [-0.3, -0.25) is 9.97 Å². The van der Waals surface area contributed by atoms with E-state index in [1.165, 1.54) is 12.8 Å². The average molecular weight is 257 g/mol. The van der Waals surface area contributed by atoms with Gasteiger partial charge in [0.05, 0.1) is 23.2 Å². The molecule has 1 heterocycles. The number of rotatable bonds is 3. The molecule has 1 N–H and O–H groups in total. The molecule has 1 aromatic carbocycles. The van der Waals surface area contributed by atoms with Gasteiger partial charge in [0, 0.05) is 25.2 Å². The molecule has 0 saturated heterocycles. The summed E-state index contributed by atoms with van der Waals surface area (Å²) < 4.78 is 5.57. The highest BCUT2D eigenvalue weighted by Crippen LogP contribution is 2.25. The predicted molar refractivity (Wildman–Crippen MR) is 76.2 cm³/mol. The lowest BCUT2D eigenvalue weighted by molar-refractivity contribution is 0.0606. The lowest BCUT2D eigenvalue weighted by atomic mass is 9.92. The third-order valence-electron chi connectivity index (χ3n) is 3.83. The molecule has 3 rings (SSSR count). The number of nitrogens with one attached hydrogen (secondary N) is 1. The van der Waals surface area contributed by atoms with Crippen LogP contribution >= 0.6 is 0 Å². The zero-order chi connectivity index (χ0) is 13.1. The summed E-state index contributed by atoms with van der Waals surface area (Å²) in [6.07, 6.45) is 8.59. The highest BCUT2D eigenvalue weighted by atomic mass is 16.5. The van der Waals surface area contributed by atoms with Gasteiger partial charge in [-0.2, -0.15) is 0 Å². The van der Waals surface area contributed by atoms with Crippen molar-refractivity contribution in [1.29, 1.82) is 0 Å². The number of benzene rings is 1. The fourth-order valence-electron chi connectivity index (χ4n) is 2.81. The lowest BCUT2D eigenvalue weighted by Crippen LogP contribution is -2.37. The van der Waals surface area contributed by atoms with Crippen LogP contribution in [-0.4, -0.2) is 29.2 Å². The van der Waals surface area contributed by atoms with Gasteiger partial charge < -0.3 is 10.1 Å². The Morgan fingerprint density at radius 1 is 1.11 bits per heavy atom. The maximum absolute atomic E-state index is 5.57. The Kier molecular flexibility index (Phi) is 3.60. The first kappa shape index (κ1) is 12.4. The summed E-state index contributed by atoms with van der Waals surface area (Å²) in [6, 6.07) is 6.53. The van der Waals surface area contributed by atoms with Crippen molar-refractivity contribution < 1.29 is 4.74 Å². The molecule has 1 aliphatic rings. The Balaban J connectivity index is 1.80. The number of hydrogen-bond acceptors (Lipinski definition) is 4. The Morgan fingerprint density at radius 3 is 2.74 bits per heavy atom. The third-order valence-corrected chi connectivity index (χ3v) is 3.83. The summed E-state index contributed by atoms with van der Waals surface area (Å²) in [5.74, 6) is 0. The van der Waals surface area contributed by atoms with Gasteiger partial charge in [-0.25, -0.2) is 0 Å². The van der Waals surface area contributed by atoms with Gasteiger partial charge in [0.25, 0.3) is 0 Å². The van der Waals surface area contributed by atoms with Crippen LogP contribution in [0.15, 0.2) is 30.6 Å². The fourth-order valence-corrected chi connectivity index (χ4v) is 2.81. The van der Waals surface area contributed by atoms with Crippen molar-refractivity contribution >= 4 is 16.7 Å². The molecular formula is C15H19N3O. The molecular weight excluding hydrogens is 238 g/mol. The zero-order valence-corrected chi connectivity index (χ0v) is 11.2. The summed E-state index contributed by atoms with van der Waals surface area (Å²) in [5, 5.41) is 3.58. The van der Waals surface area contributed by atoms with Crippen LogP contribution in [0.1, 0.15) is 25.7 Å². The first-order chi connectivity index (χ1) is 9.36. The first-order valence-electron chi connectivity index (χ1n) is 6.87. The molecule has 2 atom stereocenters. The van der Waals surface area contributed by atoms with E-state index in [0.29, 0.717) is 12.1 Å². The van der Waals surface area contributed by atoms with Crippen molar-refractivity contribution in [2.75, 3.05) is 12.4 Å². The molecule has 4 nitrogen and oxygen atoms in total. The van der Waals surface area contributed by atoms with E-state index >= 15 is 0 Å². The summed E-state index contributed by atoms with van der Waals surface area (Å²) in [7, 11) is 1.80. The summed E-state index contributed by atoms with van der Waals surface area (Å²) in [5.41, 5.74) is 2.96. The van der Waals surface area contributed by atoms with Gasteiger partial charge in [0.1, 0.15) is 0 Å². The average Bonchev–Trinajstić information content (AvgIpc) is 2.48. The van der Waals surface area contributed by atoms with Crippen molar-refractivity contribution in [1.82, 2.24) is 9.97 Å². The van der Waals surface area contributed by atoms with Crippen LogP contribution in [0.2, 0.25) is 0 Å². The molecule has 1 fully saturated rings. The largest absolute Gasteiger partial charge is 0.380 e. The quantitative estimate of drug-likeness (QED) is 0.918. The van der Waals surface area contributed by atoms with E-state index in [1.807, 2.05) is 6.07 Å². The third kappa shape index (κ3) is 2.68. The van der Waals surface area contributed by atoms with Crippen LogP contribution in [0.3, 0.4) is 0 Å². The predicted octanol–water partition coefficient (Wildman–Crippen LogP) is 3.00. The number of methoxy groups -OCH3 is 1. The van der Waals surface area contributed by atoms with Crippen molar-refractivity contribution in [2.24, 2.45) is 0 Å². The van der Waals surface area contributed by atoms with Gasteiger partial charge in [-0.1, -0.05) is 12.8 Å². The second kappa shape index (κ2) is 5.53.